The van der Waals surface area contributed by atoms with Crippen molar-refractivity contribution in [2.75, 3.05) is 20.1 Å². The number of aryl methyl sites for hydroxylation is 1. The van der Waals surface area contributed by atoms with Crippen LogP contribution in [0.2, 0.25) is 0 Å². The molecule has 1 aliphatic heterocycles. The van der Waals surface area contributed by atoms with Gasteiger partial charge in [0.2, 0.25) is 5.91 Å². The largest absolute Gasteiger partial charge is 0.341 e. The van der Waals surface area contributed by atoms with Crippen molar-refractivity contribution >= 4 is 11.8 Å². The first-order chi connectivity index (χ1) is 16.8. The van der Waals surface area contributed by atoms with Crippen molar-refractivity contribution in [3.63, 3.8) is 0 Å². The van der Waals surface area contributed by atoms with Gasteiger partial charge in [-0.1, -0.05) is 24.3 Å². The Morgan fingerprint density at radius 2 is 1.86 bits per heavy atom. The number of hydrogen-bond donors (Lipinski definition) is 0. The smallest absolute Gasteiger partial charge is 0.256 e. The number of carbonyl (C=O) groups excluding carboxylic acids is 2. The molecule has 4 rings (SSSR count). The van der Waals surface area contributed by atoms with Crippen LogP contribution < -0.4 is 0 Å². The summed E-state index contributed by atoms with van der Waals surface area (Å²) in [6, 6.07) is 12.9. The summed E-state index contributed by atoms with van der Waals surface area (Å²) in [5.74, 6) is -1.85. The van der Waals surface area contributed by atoms with Gasteiger partial charge in [-0.3, -0.25) is 14.3 Å². The van der Waals surface area contributed by atoms with Crippen molar-refractivity contribution in [3.8, 4) is 0 Å². The number of hydrogen-bond acceptors (Lipinski definition) is 3. The Labute approximate surface area is 204 Å². The molecule has 2 heterocycles. The molecule has 1 saturated heterocycles. The number of carbonyl (C=O) groups is 2. The highest BCUT2D eigenvalue weighted by Crippen LogP contribution is 2.28. The van der Waals surface area contributed by atoms with E-state index in [1.165, 1.54) is 17.2 Å². The highest BCUT2D eigenvalue weighted by atomic mass is 19.1. The summed E-state index contributed by atoms with van der Waals surface area (Å²) >= 11 is 0. The molecule has 0 aliphatic carbocycles. The van der Waals surface area contributed by atoms with E-state index in [1.54, 1.807) is 28.0 Å². The second-order valence-corrected chi connectivity index (χ2v) is 9.16. The van der Waals surface area contributed by atoms with Gasteiger partial charge in [-0.05, 0) is 61.4 Å². The number of rotatable bonds is 7. The van der Waals surface area contributed by atoms with Crippen molar-refractivity contribution in [2.24, 2.45) is 5.92 Å². The summed E-state index contributed by atoms with van der Waals surface area (Å²) in [5.41, 5.74) is 2.24. The van der Waals surface area contributed by atoms with E-state index in [-0.39, 0.29) is 30.0 Å². The van der Waals surface area contributed by atoms with E-state index in [1.807, 2.05) is 24.1 Å². The molecular formula is C27H30F2N4O2. The van der Waals surface area contributed by atoms with Crippen molar-refractivity contribution in [3.05, 3.63) is 89.2 Å². The molecule has 0 spiro atoms. The minimum absolute atomic E-state index is 0.0285. The Kier molecular flexibility index (Phi) is 7.58. The van der Waals surface area contributed by atoms with Gasteiger partial charge >= 0.3 is 0 Å². The van der Waals surface area contributed by atoms with Gasteiger partial charge in [0.15, 0.2) is 0 Å². The van der Waals surface area contributed by atoms with Crippen LogP contribution in [0, 0.1) is 24.5 Å². The molecule has 6 nitrogen and oxygen atoms in total. The molecule has 2 aromatic carbocycles. The van der Waals surface area contributed by atoms with Gasteiger partial charge in [0.05, 0.1) is 5.56 Å². The molecule has 2 amide bonds. The maximum atomic E-state index is 14.2. The van der Waals surface area contributed by atoms with Gasteiger partial charge in [0, 0.05) is 44.6 Å². The van der Waals surface area contributed by atoms with E-state index < -0.39 is 17.5 Å². The van der Waals surface area contributed by atoms with Crippen LogP contribution in [0.4, 0.5) is 8.78 Å². The Bertz CT molecular complexity index is 1170. The van der Waals surface area contributed by atoms with Crippen LogP contribution in [0.1, 0.15) is 34.3 Å². The third-order valence-electron chi connectivity index (χ3n) is 6.97. The standard InChI is InChI=1S/C27H30F2N4O2/c1-19-6-3-4-7-21(19)16-25(31(2)26(34)18-33-13-5-12-30-33)20-10-14-32(15-11-20)27(35)23-9-8-22(28)17-24(23)29/h3-9,12-13,17,20,25H,10-11,14-16,18H2,1-2H3/t25-/m1/s1. The summed E-state index contributed by atoms with van der Waals surface area (Å²) in [6.45, 7) is 3.13. The maximum Gasteiger partial charge on any atom is 0.256 e. The van der Waals surface area contributed by atoms with Gasteiger partial charge in [-0.25, -0.2) is 8.78 Å². The number of likely N-dealkylation sites (N-methyl/N-ethyl adjacent to an activating group) is 1. The number of nitrogens with zero attached hydrogens (tertiary/aromatic N) is 4. The van der Waals surface area contributed by atoms with Gasteiger partial charge < -0.3 is 9.80 Å². The number of halogens is 2. The maximum absolute atomic E-state index is 14.2. The van der Waals surface area contributed by atoms with Crippen LogP contribution in [-0.2, 0) is 17.8 Å². The summed E-state index contributed by atoms with van der Waals surface area (Å²) in [4.78, 5) is 29.4. The van der Waals surface area contributed by atoms with Crippen molar-refractivity contribution in [1.29, 1.82) is 0 Å². The molecule has 184 valence electrons. The number of likely N-dealkylation sites (tertiary alicyclic amines) is 1. The number of benzene rings is 2. The molecule has 35 heavy (non-hydrogen) atoms. The predicted molar refractivity (Wildman–Crippen MR) is 129 cm³/mol. The molecule has 0 N–H and O–H groups in total. The second-order valence-electron chi connectivity index (χ2n) is 9.16. The Balaban J connectivity index is 1.48. The van der Waals surface area contributed by atoms with Crippen LogP contribution in [-0.4, -0.2) is 57.6 Å². The molecular weight excluding hydrogens is 450 g/mol. The first-order valence-corrected chi connectivity index (χ1v) is 11.9. The third-order valence-corrected chi connectivity index (χ3v) is 6.97. The van der Waals surface area contributed by atoms with Crippen molar-refractivity contribution in [2.45, 2.75) is 38.8 Å². The van der Waals surface area contributed by atoms with Crippen LogP contribution in [0.25, 0.3) is 0 Å². The van der Waals surface area contributed by atoms with E-state index in [9.17, 15) is 18.4 Å². The monoisotopic (exact) mass is 480 g/mol. The quantitative estimate of drug-likeness (QED) is 0.512. The first kappa shape index (κ1) is 24.6. The Morgan fingerprint density at radius 1 is 1.11 bits per heavy atom. The lowest BCUT2D eigenvalue weighted by Gasteiger charge is -2.40. The first-order valence-electron chi connectivity index (χ1n) is 11.9. The Morgan fingerprint density at radius 3 is 2.51 bits per heavy atom. The van der Waals surface area contributed by atoms with E-state index >= 15 is 0 Å². The molecule has 1 fully saturated rings. The zero-order chi connectivity index (χ0) is 24.9. The summed E-state index contributed by atoms with van der Waals surface area (Å²) in [5, 5.41) is 4.15. The average molecular weight is 481 g/mol. The third kappa shape index (κ3) is 5.75. The number of amides is 2. The normalized spacial score (nSPS) is 15.1. The van der Waals surface area contributed by atoms with Crippen LogP contribution in [0.5, 0.6) is 0 Å². The minimum atomic E-state index is -0.849. The molecule has 3 aromatic rings. The average Bonchev–Trinajstić information content (AvgIpc) is 3.36. The molecule has 0 unspecified atom stereocenters. The second kappa shape index (κ2) is 10.8. The van der Waals surface area contributed by atoms with Gasteiger partial charge in [0.25, 0.3) is 5.91 Å². The van der Waals surface area contributed by atoms with E-state index in [0.29, 0.717) is 32.4 Å². The Hall–Kier alpha value is -3.55. The van der Waals surface area contributed by atoms with Gasteiger partial charge in [0.1, 0.15) is 18.2 Å². The van der Waals surface area contributed by atoms with E-state index in [2.05, 4.69) is 24.2 Å². The minimum Gasteiger partial charge on any atom is -0.341 e. The molecule has 0 bridgehead atoms. The topological polar surface area (TPSA) is 58.4 Å². The summed E-state index contributed by atoms with van der Waals surface area (Å²) < 4.78 is 29.0. The van der Waals surface area contributed by atoms with Crippen LogP contribution in [0.3, 0.4) is 0 Å². The zero-order valence-corrected chi connectivity index (χ0v) is 20.0. The van der Waals surface area contributed by atoms with Gasteiger partial charge in [-0.2, -0.15) is 5.10 Å². The van der Waals surface area contributed by atoms with Crippen LogP contribution >= 0.6 is 0 Å². The fraction of sp³-hybridized carbons (Fsp3) is 0.370. The van der Waals surface area contributed by atoms with Gasteiger partial charge in [-0.15, -0.1) is 0 Å². The molecule has 1 aliphatic rings. The summed E-state index contributed by atoms with van der Waals surface area (Å²) in [7, 11) is 1.83. The highest BCUT2D eigenvalue weighted by molar-refractivity contribution is 5.94. The van der Waals surface area contributed by atoms with E-state index in [0.717, 1.165) is 12.1 Å². The number of aromatic nitrogens is 2. The molecule has 8 heteroatoms. The van der Waals surface area contributed by atoms with Crippen molar-refractivity contribution < 1.29 is 18.4 Å². The van der Waals surface area contributed by atoms with E-state index in [4.69, 9.17) is 0 Å². The fourth-order valence-corrected chi connectivity index (χ4v) is 4.83. The fourth-order valence-electron chi connectivity index (χ4n) is 4.83. The molecule has 0 saturated carbocycles. The molecule has 1 aromatic heterocycles. The number of piperidine rings is 1. The zero-order valence-electron chi connectivity index (χ0n) is 20.0. The predicted octanol–water partition coefficient (Wildman–Crippen LogP) is 4.09. The van der Waals surface area contributed by atoms with Crippen LogP contribution in [0.15, 0.2) is 60.9 Å². The highest BCUT2D eigenvalue weighted by Gasteiger charge is 2.33. The lowest BCUT2D eigenvalue weighted by Crippen LogP contribution is -2.49. The molecule has 0 radical (unpaired) electrons. The SMILES string of the molecule is Cc1ccccc1C[C@H](C1CCN(C(=O)c2ccc(F)cc2F)CC1)N(C)C(=O)Cn1cccn1. The lowest BCUT2D eigenvalue weighted by molar-refractivity contribution is -0.134. The molecule has 1 atom stereocenters. The lowest BCUT2D eigenvalue weighted by atomic mass is 9.84. The summed E-state index contributed by atoms with van der Waals surface area (Å²) in [6.07, 6.45) is 5.49. The van der Waals surface area contributed by atoms with Crippen molar-refractivity contribution in [1.82, 2.24) is 19.6 Å².